The highest BCUT2D eigenvalue weighted by Gasteiger charge is 1.93. The Kier molecular flexibility index (Phi) is 6.28. The van der Waals surface area contributed by atoms with Crippen LogP contribution in [0.2, 0.25) is 0 Å². The lowest BCUT2D eigenvalue weighted by Gasteiger charge is -1.99. The molecule has 11 heavy (non-hydrogen) atoms. The zero-order valence-electron chi connectivity index (χ0n) is 7.23. The number of hydrogen-bond acceptors (Lipinski definition) is 1. The maximum Gasteiger partial charge on any atom is 0.0182 e. The van der Waals surface area contributed by atoms with Crippen molar-refractivity contribution in [2.24, 2.45) is 5.73 Å². The molecular weight excluding hydrogens is 158 g/mol. The molecule has 0 unspecified atom stereocenters. The van der Waals surface area contributed by atoms with Gasteiger partial charge in [0, 0.05) is 5.03 Å². The van der Waals surface area contributed by atoms with E-state index < -0.39 is 0 Å². The average Bonchev–Trinajstić information content (AvgIpc) is 1.97. The standard InChI is InChI=1S/C9H16ClN/c1-3-4-5-9(6-7-11)8(2)10/h4-5H,3,6-7,11H2,1-2H3. The molecule has 0 aliphatic carbocycles. The van der Waals surface area contributed by atoms with Gasteiger partial charge in [0.25, 0.3) is 0 Å². The van der Waals surface area contributed by atoms with Crippen LogP contribution in [0, 0.1) is 0 Å². The Bertz CT molecular complexity index is 155. The summed E-state index contributed by atoms with van der Waals surface area (Å²) < 4.78 is 0. The van der Waals surface area contributed by atoms with E-state index in [2.05, 4.69) is 19.1 Å². The molecule has 0 rings (SSSR count). The second kappa shape index (κ2) is 6.44. The smallest absolute Gasteiger partial charge is 0.0182 e. The second-order valence-electron chi connectivity index (χ2n) is 2.41. The molecule has 0 saturated heterocycles. The predicted molar refractivity (Wildman–Crippen MR) is 51.7 cm³/mol. The fourth-order valence-corrected chi connectivity index (χ4v) is 0.944. The summed E-state index contributed by atoms with van der Waals surface area (Å²) >= 11 is 5.83. The van der Waals surface area contributed by atoms with Crippen molar-refractivity contribution in [1.29, 1.82) is 0 Å². The van der Waals surface area contributed by atoms with Crippen molar-refractivity contribution >= 4 is 11.6 Å². The summed E-state index contributed by atoms with van der Waals surface area (Å²) in [6, 6.07) is 0. The Morgan fingerprint density at radius 1 is 1.55 bits per heavy atom. The molecule has 0 aliphatic heterocycles. The minimum Gasteiger partial charge on any atom is -0.330 e. The van der Waals surface area contributed by atoms with Crippen molar-refractivity contribution < 1.29 is 0 Å². The van der Waals surface area contributed by atoms with Crippen LogP contribution in [0.15, 0.2) is 22.8 Å². The van der Waals surface area contributed by atoms with Crippen LogP contribution >= 0.6 is 11.6 Å². The minimum atomic E-state index is 0.660. The fraction of sp³-hybridized carbons (Fsp3) is 0.556. The molecule has 0 spiro atoms. The van der Waals surface area contributed by atoms with Gasteiger partial charge < -0.3 is 5.73 Å². The van der Waals surface area contributed by atoms with Gasteiger partial charge in [0.15, 0.2) is 0 Å². The van der Waals surface area contributed by atoms with Crippen LogP contribution in [0.1, 0.15) is 26.7 Å². The highest BCUT2D eigenvalue weighted by atomic mass is 35.5. The molecule has 0 aromatic rings. The average molecular weight is 174 g/mol. The first-order chi connectivity index (χ1) is 5.22. The van der Waals surface area contributed by atoms with E-state index in [1.54, 1.807) is 0 Å². The first kappa shape index (κ1) is 10.7. The van der Waals surface area contributed by atoms with Gasteiger partial charge in [0.05, 0.1) is 0 Å². The monoisotopic (exact) mass is 173 g/mol. The largest absolute Gasteiger partial charge is 0.330 e. The lowest BCUT2D eigenvalue weighted by molar-refractivity contribution is 0.965. The Labute approximate surface area is 73.9 Å². The van der Waals surface area contributed by atoms with E-state index >= 15 is 0 Å². The van der Waals surface area contributed by atoms with Gasteiger partial charge in [-0.2, -0.15) is 0 Å². The number of allylic oxidation sites excluding steroid dienone is 3. The summed E-state index contributed by atoms with van der Waals surface area (Å²) in [4.78, 5) is 0. The van der Waals surface area contributed by atoms with Gasteiger partial charge in [-0.15, -0.1) is 0 Å². The molecule has 2 heteroatoms. The summed E-state index contributed by atoms with van der Waals surface area (Å²) in [5.41, 5.74) is 6.56. The van der Waals surface area contributed by atoms with Gasteiger partial charge >= 0.3 is 0 Å². The number of hydrogen-bond donors (Lipinski definition) is 1. The maximum atomic E-state index is 5.83. The summed E-state index contributed by atoms with van der Waals surface area (Å²) in [5.74, 6) is 0. The summed E-state index contributed by atoms with van der Waals surface area (Å²) in [5, 5.41) is 0.847. The lowest BCUT2D eigenvalue weighted by atomic mass is 10.1. The SMILES string of the molecule is CCC=CC(CCN)=C(C)Cl. The van der Waals surface area contributed by atoms with E-state index in [1.807, 2.05) is 6.92 Å². The summed E-state index contributed by atoms with van der Waals surface area (Å²) in [7, 11) is 0. The zero-order chi connectivity index (χ0) is 8.69. The molecule has 0 atom stereocenters. The van der Waals surface area contributed by atoms with Crippen LogP contribution in [0.5, 0.6) is 0 Å². The molecule has 0 fully saturated rings. The highest BCUT2D eigenvalue weighted by molar-refractivity contribution is 6.29. The molecule has 2 N–H and O–H groups in total. The number of rotatable bonds is 4. The molecule has 64 valence electrons. The molecule has 0 bridgehead atoms. The fourth-order valence-electron chi connectivity index (χ4n) is 0.786. The van der Waals surface area contributed by atoms with Crippen molar-refractivity contribution in [1.82, 2.24) is 0 Å². The van der Waals surface area contributed by atoms with E-state index in [0.29, 0.717) is 6.54 Å². The summed E-state index contributed by atoms with van der Waals surface area (Å²) in [6.45, 7) is 4.65. The molecule has 0 aliphatic rings. The van der Waals surface area contributed by atoms with Crippen LogP contribution < -0.4 is 5.73 Å². The van der Waals surface area contributed by atoms with Crippen LogP contribution in [-0.4, -0.2) is 6.54 Å². The molecule has 0 aromatic heterocycles. The third-order valence-electron chi connectivity index (χ3n) is 1.41. The van der Waals surface area contributed by atoms with Crippen LogP contribution in [0.3, 0.4) is 0 Å². The topological polar surface area (TPSA) is 26.0 Å². The van der Waals surface area contributed by atoms with Crippen LogP contribution in [0.4, 0.5) is 0 Å². The van der Waals surface area contributed by atoms with E-state index in [9.17, 15) is 0 Å². The third-order valence-corrected chi connectivity index (χ3v) is 1.65. The maximum absolute atomic E-state index is 5.83. The van der Waals surface area contributed by atoms with E-state index in [-0.39, 0.29) is 0 Å². The second-order valence-corrected chi connectivity index (χ2v) is 2.97. The molecule has 0 amide bonds. The van der Waals surface area contributed by atoms with Crippen molar-refractivity contribution in [3.05, 3.63) is 22.8 Å². The van der Waals surface area contributed by atoms with Crippen LogP contribution in [-0.2, 0) is 0 Å². The quantitative estimate of drug-likeness (QED) is 0.651. The van der Waals surface area contributed by atoms with Gasteiger partial charge in [-0.3, -0.25) is 0 Å². The van der Waals surface area contributed by atoms with E-state index in [0.717, 1.165) is 23.4 Å². The van der Waals surface area contributed by atoms with Crippen molar-refractivity contribution in [2.45, 2.75) is 26.7 Å². The highest BCUT2D eigenvalue weighted by Crippen LogP contribution is 2.13. The number of halogens is 1. The first-order valence-electron chi connectivity index (χ1n) is 3.94. The Morgan fingerprint density at radius 2 is 2.18 bits per heavy atom. The van der Waals surface area contributed by atoms with Crippen LogP contribution in [0.25, 0.3) is 0 Å². The first-order valence-corrected chi connectivity index (χ1v) is 4.32. The molecule has 0 saturated carbocycles. The third kappa shape index (κ3) is 5.05. The van der Waals surface area contributed by atoms with Gasteiger partial charge in [0.2, 0.25) is 0 Å². The van der Waals surface area contributed by atoms with Crippen molar-refractivity contribution in [3.8, 4) is 0 Å². The van der Waals surface area contributed by atoms with E-state index in [4.69, 9.17) is 17.3 Å². The minimum absolute atomic E-state index is 0.660. The predicted octanol–water partition coefficient (Wildman–Crippen LogP) is 2.81. The lowest BCUT2D eigenvalue weighted by Crippen LogP contribution is -1.99. The van der Waals surface area contributed by atoms with Gasteiger partial charge in [-0.1, -0.05) is 30.7 Å². The normalized spacial score (nSPS) is 13.8. The Morgan fingerprint density at radius 3 is 2.55 bits per heavy atom. The van der Waals surface area contributed by atoms with E-state index in [1.165, 1.54) is 0 Å². The molecule has 0 heterocycles. The summed E-state index contributed by atoms with van der Waals surface area (Å²) in [6.07, 6.45) is 6.05. The van der Waals surface area contributed by atoms with Gasteiger partial charge in [-0.05, 0) is 31.9 Å². The number of nitrogens with two attached hydrogens (primary N) is 1. The zero-order valence-corrected chi connectivity index (χ0v) is 7.99. The molecule has 0 aromatic carbocycles. The molecule has 1 nitrogen and oxygen atoms in total. The Balaban J connectivity index is 4.12. The van der Waals surface area contributed by atoms with Crippen molar-refractivity contribution in [3.63, 3.8) is 0 Å². The molecule has 0 radical (unpaired) electrons. The van der Waals surface area contributed by atoms with Crippen molar-refractivity contribution in [2.75, 3.05) is 6.54 Å². The Hall–Kier alpha value is -0.270. The molecular formula is C9H16ClN. The van der Waals surface area contributed by atoms with Gasteiger partial charge in [0.1, 0.15) is 0 Å². The van der Waals surface area contributed by atoms with Gasteiger partial charge in [-0.25, -0.2) is 0 Å².